The van der Waals surface area contributed by atoms with Crippen molar-refractivity contribution in [2.75, 3.05) is 62.1 Å². The first-order valence-electron chi connectivity index (χ1n) is 11.5. The van der Waals surface area contributed by atoms with Gasteiger partial charge in [0.15, 0.2) is 11.5 Å². The summed E-state index contributed by atoms with van der Waals surface area (Å²) in [5, 5.41) is 27.3. The number of aliphatic hydroxyl groups excluding tert-OH is 3. The quantitative estimate of drug-likeness (QED) is 0.106. The van der Waals surface area contributed by atoms with E-state index in [2.05, 4.69) is 16.1 Å². The van der Waals surface area contributed by atoms with Gasteiger partial charge in [0, 0.05) is 65.4 Å². The van der Waals surface area contributed by atoms with Crippen molar-refractivity contribution in [2.45, 2.75) is 20.8 Å². The minimum atomic E-state index is -0.891. The smallest absolute Gasteiger partial charge is 0.373 e. The van der Waals surface area contributed by atoms with E-state index >= 15 is 0 Å². The monoisotopic (exact) mass is 615 g/mol. The molecule has 0 aromatic heterocycles. The van der Waals surface area contributed by atoms with Crippen LogP contribution < -0.4 is 0 Å². The summed E-state index contributed by atoms with van der Waals surface area (Å²) < 4.78 is 13.8. The maximum atomic E-state index is 11.1. The summed E-state index contributed by atoms with van der Waals surface area (Å²) in [6, 6.07) is 0. The number of rotatable bonds is 10. The molecule has 0 saturated carbocycles. The van der Waals surface area contributed by atoms with Gasteiger partial charge in [-0.05, 0) is 20.8 Å². The Morgan fingerprint density at radius 3 is 1.05 bits per heavy atom. The normalized spacial score (nSPS) is 10.6. The van der Waals surface area contributed by atoms with Crippen molar-refractivity contribution >= 4 is 29.7 Å². The van der Waals surface area contributed by atoms with Crippen molar-refractivity contribution in [2.24, 2.45) is 0 Å². The largest absolute Gasteiger partial charge is 0.504 e. The Labute approximate surface area is 245 Å². The maximum Gasteiger partial charge on any atom is 0.373 e. The van der Waals surface area contributed by atoms with E-state index in [0.29, 0.717) is 6.61 Å². The van der Waals surface area contributed by atoms with Crippen molar-refractivity contribution in [3.8, 4) is 0 Å². The third-order valence-electron chi connectivity index (χ3n) is 3.68. The molecule has 0 aliphatic heterocycles. The van der Waals surface area contributed by atoms with Gasteiger partial charge in [0.25, 0.3) is 0 Å². The Kier molecular flexibility index (Phi) is 26.0. The summed E-state index contributed by atoms with van der Waals surface area (Å²) >= 11 is 0. The zero-order valence-electron chi connectivity index (χ0n) is 24.4. The second-order valence-corrected chi connectivity index (χ2v) is 7.58. The summed E-state index contributed by atoms with van der Waals surface area (Å²) in [4.78, 5) is 58.3. The van der Waals surface area contributed by atoms with Gasteiger partial charge < -0.3 is 44.2 Å². The van der Waals surface area contributed by atoms with E-state index in [1.165, 1.54) is 42.9 Å². The van der Waals surface area contributed by atoms with Crippen LogP contribution in [0.1, 0.15) is 20.8 Å². The van der Waals surface area contributed by atoms with Crippen molar-refractivity contribution < 1.29 is 70.6 Å². The molecule has 3 amide bonds. The average Bonchev–Trinajstić information content (AvgIpc) is 2.84. The van der Waals surface area contributed by atoms with Crippen molar-refractivity contribution in [3.63, 3.8) is 0 Å². The van der Waals surface area contributed by atoms with Gasteiger partial charge in [-0.2, -0.15) is 0 Å². The van der Waals surface area contributed by atoms with Gasteiger partial charge in [0.1, 0.15) is 0 Å². The molecule has 15 heteroatoms. The Balaban J connectivity index is -0.000000240. The topological polar surface area (TPSA) is 183 Å². The SMILES string of the molecule is C=C(OCC)C(O)=CC(=O)N(C)C.CCOC(=O)C(O)=CC(=O)N(C)C.CCOC(=O)C(O)=CC(=O)N(C)C.[Fe]. The first kappa shape index (κ1) is 43.1. The molecule has 0 bridgehead atoms. The van der Waals surface area contributed by atoms with E-state index in [4.69, 9.17) is 14.9 Å². The van der Waals surface area contributed by atoms with E-state index in [1.807, 2.05) is 0 Å². The van der Waals surface area contributed by atoms with E-state index < -0.39 is 35.3 Å². The molecule has 0 saturated heterocycles. The third kappa shape index (κ3) is 22.1. The predicted octanol–water partition coefficient (Wildman–Crippen LogP) is 1.22. The van der Waals surface area contributed by atoms with Crippen LogP contribution >= 0.6 is 0 Å². The van der Waals surface area contributed by atoms with E-state index in [1.54, 1.807) is 34.9 Å². The number of aliphatic hydroxyl groups is 3. The number of nitrogens with zero attached hydrogens (tertiary/aromatic N) is 3. The van der Waals surface area contributed by atoms with Gasteiger partial charge in [-0.3, -0.25) is 14.4 Å². The number of ether oxygens (including phenoxy) is 3. The number of hydrogen-bond acceptors (Lipinski definition) is 11. The van der Waals surface area contributed by atoms with Crippen molar-refractivity contribution in [3.05, 3.63) is 47.8 Å². The van der Waals surface area contributed by atoms with Crippen LogP contribution in [0.2, 0.25) is 0 Å². The first-order chi connectivity index (χ1) is 18.0. The second-order valence-electron chi connectivity index (χ2n) is 7.58. The summed E-state index contributed by atoms with van der Waals surface area (Å²) in [5.41, 5.74) is 0. The Morgan fingerprint density at radius 1 is 0.575 bits per heavy atom. The van der Waals surface area contributed by atoms with Crippen LogP contribution in [0.15, 0.2) is 47.8 Å². The molecule has 0 rings (SSSR count). The molecule has 0 unspecified atom stereocenters. The number of likely N-dealkylation sites (N-methyl/N-ethyl adjacent to an activating group) is 3. The molecular weight excluding hydrogens is 574 g/mol. The van der Waals surface area contributed by atoms with Crippen molar-refractivity contribution in [1.29, 1.82) is 0 Å². The summed E-state index contributed by atoms with van der Waals surface area (Å²) in [7, 11) is 9.23. The minimum Gasteiger partial charge on any atom is -0.504 e. The van der Waals surface area contributed by atoms with Gasteiger partial charge in [0.2, 0.25) is 29.2 Å². The molecule has 0 aliphatic carbocycles. The summed E-state index contributed by atoms with van der Waals surface area (Å²) in [6.07, 6.45) is 2.70. The number of carbonyl (C=O) groups excluding carboxylic acids is 5. The zero-order chi connectivity index (χ0) is 31.3. The van der Waals surface area contributed by atoms with Gasteiger partial charge in [-0.15, -0.1) is 0 Å². The predicted molar refractivity (Wildman–Crippen MR) is 142 cm³/mol. The molecule has 14 nitrogen and oxygen atoms in total. The molecule has 3 N–H and O–H groups in total. The molecule has 0 radical (unpaired) electrons. The minimum absolute atomic E-state index is 0. The van der Waals surface area contributed by atoms with Gasteiger partial charge >= 0.3 is 11.9 Å². The van der Waals surface area contributed by atoms with Crippen LogP contribution in [-0.4, -0.2) is 122 Å². The molecule has 230 valence electrons. The molecule has 40 heavy (non-hydrogen) atoms. The van der Waals surface area contributed by atoms with E-state index in [-0.39, 0.29) is 47.7 Å². The molecule has 0 spiro atoms. The Hall–Kier alpha value is -3.97. The maximum absolute atomic E-state index is 11.1. The summed E-state index contributed by atoms with van der Waals surface area (Å²) in [6.45, 7) is 9.16. The fourth-order valence-corrected chi connectivity index (χ4v) is 1.59. The number of hydrogen-bond donors (Lipinski definition) is 3. The fourth-order valence-electron chi connectivity index (χ4n) is 1.59. The van der Waals surface area contributed by atoms with Gasteiger partial charge in [-0.1, -0.05) is 6.58 Å². The van der Waals surface area contributed by atoms with E-state index in [9.17, 15) is 29.1 Å². The number of esters is 2. The van der Waals surface area contributed by atoms with E-state index in [0.717, 1.165) is 18.2 Å². The molecule has 0 aliphatic rings. The molecular formula is C25H41FeN3O11. The van der Waals surface area contributed by atoms with Crippen LogP contribution in [0.3, 0.4) is 0 Å². The average molecular weight is 615 g/mol. The molecule has 0 heterocycles. The standard InChI is InChI=1S/C9H15NO3.2C8H13NO4.Fe/c1-5-13-7(2)8(11)6-9(12)10(3)4;2*1-4-13-8(12)6(10)5-7(11)9(2)3;/h6,11H,2,5H2,1,3-4H3;2*5,10H,4H2,1-3H3;. The van der Waals surface area contributed by atoms with Crippen LogP contribution in [-0.2, 0) is 55.3 Å². The molecule has 0 atom stereocenters. The van der Waals surface area contributed by atoms with Crippen LogP contribution in [0.25, 0.3) is 0 Å². The zero-order valence-corrected chi connectivity index (χ0v) is 25.5. The first-order valence-corrected chi connectivity index (χ1v) is 11.5. The molecule has 0 aromatic carbocycles. The number of carbonyl (C=O) groups is 5. The van der Waals surface area contributed by atoms with Crippen LogP contribution in [0.4, 0.5) is 0 Å². The summed E-state index contributed by atoms with van der Waals surface area (Å²) in [5.74, 6) is -4.51. The third-order valence-corrected chi connectivity index (χ3v) is 3.68. The Morgan fingerprint density at radius 2 is 0.825 bits per heavy atom. The van der Waals surface area contributed by atoms with Crippen LogP contribution in [0.5, 0.6) is 0 Å². The fraction of sp³-hybridized carbons (Fsp3) is 0.480. The second kappa shape index (κ2) is 24.1. The van der Waals surface area contributed by atoms with Crippen LogP contribution in [0, 0.1) is 0 Å². The Bertz CT molecular complexity index is 821. The van der Waals surface area contributed by atoms with Gasteiger partial charge in [0.05, 0.1) is 32.0 Å². The van der Waals surface area contributed by atoms with Gasteiger partial charge in [-0.25, -0.2) is 9.59 Å². The van der Waals surface area contributed by atoms with Crippen molar-refractivity contribution in [1.82, 2.24) is 14.7 Å². The molecule has 0 aromatic rings. The number of amides is 3. The molecule has 0 fully saturated rings.